The summed E-state index contributed by atoms with van der Waals surface area (Å²) in [5.74, 6) is 0. The quantitative estimate of drug-likeness (QED) is 0.908. The lowest BCUT2D eigenvalue weighted by molar-refractivity contribution is 0.687. The second-order valence-electron chi connectivity index (χ2n) is 6.37. The summed E-state index contributed by atoms with van der Waals surface area (Å²) >= 11 is 0. The second-order valence-corrected chi connectivity index (χ2v) is 6.37. The highest BCUT2D eigenvalue weighted by molar-refractivity contribution is 5.71. The predicted octanol–water partition coefficient (Wildman–Crippen LogP) is 4.02. The Morgan fingerprint density at radius 1 is 1.05 bits per heavy atom. The highest BCUT2D eigenvalue weighted by Gasteiger charge is 2.26. The van der Waals surface area contributed by atoms with E-state index in [9.17, 15) is 0 Å². The van der Waals surface area contributed by atoms with Gasteiger partial charge < -0.3 is 10.2 Å². The number of rotatable bonds is 4. The minimum atomic E-state index is 0.540. The van der Waals surface area contributed by atoms with Crippen molar-refractivity contribution in [1.29, 1.82) is 0 Å². The van der Waals surface area contributed by atoms with Crippen molar-refractivity contribution in [3.63, 3.8) is 0 Å². The monoisotopic (exact) mass is 278 g/mol. The lowest BCUT2D eigenvalue weighted by atomic mass is 10.1. The minimum Gasteiger partial charge on any atom is -0.338 e. The van der Waals surface area contributed by atoms with Crippen LogP contribution in [-0.2, 0) is 13.0 Å². The van der Waals surface area contributed by atoms with Gasteiger partial charge in [0.25, 0.3) is 0 Å². The number of anilines is 2. The minimum absolute atomic E-state index is 0.540. The second kappa shape index (κ2) is 5.19. The first kappa shape index (κ1) is 12.9. The Morgan fingerprint density at radius 2 is 1.81 bits per heavy atom. The van der Waals surface area contributed by atoms with Gasteiger partial charge in [0.2, 0.25) is 0 Å². The average Bonchev–Trinajstić information content (AvgIpc) is 3.27. The molecular weight excluding hydrogens is 256 g/mol. The zero-order valence-corrected chi connectivity index (χ0v) is 12.5. The van der Waals surface area contributed by atoms with E-state index < -0.39 is 0 Å². The number of hydrogen-bond donors (Lipinski definition) is 1. The summed E-state index contributed by atoms with van der Waals surface area (Å²) in [4.78, 5) is 2.47. The topological polar surface area (TPSA) is 15.3 Å². The first-order chi connectivity index (χ1) is 10.3. The molecule has 2 aromatic carbocycles. The fraction of sp³-hybridized carbons (Fsp3) is 0.368. The number of fused-ring (bicyclic) bond motifs is 1. The Kier molecular flexibility index (Phi) is 3.19. The van der Waals surface area contributed by atoms with Crippen molar-refractivity contribution in [2.45, 2.75) is 44.8 Å². The van der Waals surface area contributed by atoms with Crippen LogP contribution in [0.25, 0.3) is 0 Å². The lowest BCUT2D eigenvalue weighted by Crippen LogP contribution is -2.23. The van der Waals surface area contributed by atoms with Gasteiger partial charge in [0.1, 0.15) is 0 Å². The van der Waals surface area contributed by atoms with E-state index in [1.807, 2.05) is 0 Å². The maximum absolute atomic E-state index is 3.57. The highest BCUT2D eigenvalue weighted by atomic mass is 15.2. The first-order valence-corrected chi connectivity index (χ1v) is 8.01. The van der Waals surface area contributed by atoms with Gasteiger partial charge in [-0.3, -0.25) is 0 Å². The zero-order chi connectivity index (χ0) is 14.2. The average molecular weight is 278 g/mol. The first-order valence-electron chi connectivity index (χ1n) is 8.01. The van der Waals surface area contributed by atoms with Crippen LogP contribution in [0.2, 0.25) is 0 Å². The summed E-state index contributed by atoms with van der Waals surface area (Å²) in [7, 11) is 0. The summed E-state index contributed by atoms with van der Waals surface area (Å²) in [5, 5.41) is 3.57. The molecule has 1 fully saturated rings. The number of nitrogens with one attached hydrogen (secondary N) is 1. The Morgan fingerprint density at radius 3 is 2.57 bits per heavy atom. The molecule has 0 bridgehead atoms. The van der Waals surface area contributed by atoms with Crippen molar-refractivity contribution >= 4 is 11.4 Å². The third kappa shape index (κ3) is 2.56. The van der Waals surface area contributed by atoms with Crippen LogP contribution in [0.15, 0.2) is 48.5 Å². The molecule has 0 aromatic heterocycles. The normalized spacial score (nSPS) is 20.6. The number of nitrogens with zero attached hydrogens (tertiary/aromatic N) is 1. The SMILES string of the molecule is CC1Cc2ccccc2N1c1ccc(CNC2CC2)cc1. The molecule has 0 amide bonds. The molecule has 2 heteroatoms. The maximum atomic E-state index is 3.57. The molecule has 21 heavy (non-hydrogen) atoms. The van der Waals surface area contributed by atoms with Gasteiger partial charge in [-0.1, -0.05) is 30.3 Å². The van der Waals surface area contributed by atoms with Gasteiger partial charge in [0.05, 0.1) is 0 Å². The number of benzene rings is 2. The van der Waals surface area contributed by atoms with Gasteiger partial charge in [-0.15, -0.1) is 0 Å². The molecule has 1 aliphatic heterocycles. The van der Waals surface area contributed by atoms with Crippen molar-refractivity contribution in [2.24, 2.45) is 0 Å². The summed E-state index contributed by atoms with van der Waals surface area (Å²) in [5.41, 5.74) is 5.52. The maximum Gasteiger partial charge on any atom is 0.0446 e. The Labute approximate surface area is 126 Å². The smallest absolute Gasteiger partial charge is 0.0446 e. The van der Waals surface area contributed by atoms with Gasteiger partial charge in [0, 0.05) is 30.0 Å². The summed E-state index contributed by atoms with van der Waals surface area (Å²) in [6.07, 6.45) is 3.83. The van der Waals surface area contributed by atoms with Gasteiger partial charge in [-0.2, -0.15) is 0 Å². The van der Waals surface area contributed by atoms with Crippen LogP contribution in [0.5, 0.6) is 0 Å². The van der Waals surface area contributed by atoms with Gasteiger partial charge in [0.15, 0.2) is 0 Å². The predicted molar refractivity (Wildman–Crippen MR) is 88.1 cm³/mol. The van der Waals surface area contributed by atoms with Crippen LogP contribution in [0.4, 0.5) is 11.4 Å². The molecule has 1 N–H and O–H groups in total. The molecule has 0 spiro atoms. The third-order valence-electron chi connectivity index (χ3n) is 4.59. The molecule has 0 radical (unpaired) electrons. The van der Waals surface area contributed by atoms with E-state index in [0.29, 0.717) is 6.04 Å². The van der Waals surface area contributed by atoms with E-state index in [2.05, 4.69) is 65.7 Å². The molecular formula is C19H22N2. The Balaban J connectivity index is 1.55. The zero-order valence-electron chi connectivity index (χ0n) is 12.5. The molecule has 1 atom stereocenters. The van der Waals surface area contributed by atoms with Crippen molar-refractivity contribution < 1.29 is 0 Å². The molecule has 1 saturated carbocycles. The Hall–Kier alpha value is -1.80. The standard InChI is InChI=1S/C19H22N2/c1-14-12-16-4-2-3-5-19(16)21(14)18-10-6-15(7-11-18)13-20-17-8-9-17/h2-7,10-11,14,17,20H,8-9,12-13H2,1H3. The summed E-state index contributed by atoms with van der Waals surface area (Å²) in [6, 6.07) is 19.1. The van der Waals surface area contributed by atoms with Crippen LogP contribution in [-0.4, -0.2) is 12.1 Å². The molecule has 0 saturated heterocycles. The van der Waals surface area contributed by atoms with E-state index in [4.69, 9.17) is 0 Å². The molecule has 1 aliphatic carbocycles. The van der Waals surface area contributed by atoms with Crippen LogP contribution < -0.4 is 10.2 Å². The van der Waals surface area contributed by atoms with Crippen LogP contribution in [0, 0.1) is 0 Å². The van der Waals surface area contributed by atoms with Gasteiger partial charge >= 0.3 is 0 Å². The van der Waals surface area contributed by atoms with E-state index in [0.717, 1.165) is 19.0 Å². The number of hydrogen-bond acceptors (Lipinski definition) is 2. The number of para-hydroxylation sites is 1. The molecule has 1 heterocycles. The lowest BCUT2D eigenvalue weighted by Gasteiger charge is -2.25. The largest absolute Gasteiger partial charge is 0.338 e. The van der Waals surface area contributed by atoms with E-state index in [1.54, 1.807) is 0 Å². The van der Waals surface area contributed by atoms with Crippen LogP contribution >= 0.6 is 0 Å². The fourth-order valence-electron chi connectivity index (χ4n) is 3.28. The molecule has 2 aliphatic rings. The van der Waals surface area contributed by atoms with Crippen molar-refractivity contribution in [3.8, 4) is 0 Å². The third-order valence-corrected chi connectivity index (χ3v) is 4.59. The molecule has 1 unspecified atom stereocenters. The van der Waals surface area contributed by atoms with Crippen molar-refractivity contribution in [2.75, 3.05) is 4.90 Å². The van der Waals surface area contributed by atoms with E-state index in [-0.39, 0.29) is 0 Å². The van der Waals surface area contributed by atoms with Gasteiger partial charge in [-0.25, -0.2) is 0 Å². The van der Waals surface area contributed by atoms with Gasteiger partial charge in [-0.05, 0) is 55.5 Å². The molecule has 2 aromatic rings. The van der Waals surface area contributed by atoms with E-state index in [1.165, 1.54) is 35.3 Å². The summed E-state index contributed by atoms with van der Waals surface area (Å²) in [6.45, 7) is 3.31. The van der Waals surface area contributed by atoms with Crippen molar-refractivity contribution in [1.82, 2.24) is 5.32 Å². The Bertz CT molecular complexity index is 628. The molecule has 4 rings (SSSR count). The highest BCUT2D eigenvalue weighted by Crippen LogP contribution is 2.37. The molecule has 108 valence electrons. The summed E-state index contributed by atoms with van der Waals surface area (Å²) < 4.78 is 0. The van der Waals surface area contributed by atoms with E-state index >= 15 is 0 Å². The van der Waals surface area contributed by atoms with Crippen LogP contribution in [0.3, 0.4) is 0 Å². The fourth-order valence-corrected chi connectivity index (χ4v) is 3.28. The van der Waals surface area contributed by atoms with Crippen LogP contribution in [0.1, 0.15) is 30.9 Å². The van der Waals surface area contributed by atoms with Crippen molar-refractivity contribution in [3.05, 3.63) is 59.7 Å². The molecule has 2 nitrogen and oxygen atoms in total.